The number of halogens is 1. The van der Waals surface area contributed by atoms with Crippen molar-refractivity contribution >= 4 is 17.5 Å². The highest BCUT2D eigenvalue weighted by Gasteiger charge is 2.25. The molecule has 2 heterocycles. The first kappa shape index (κ1) is 19.5. The maximum Gasteiger partial charge on any atom is 0.227 e. The highest BCUT2D eigenvalue weighted by atomic mass is 35.5. The molecule has 0 bridgehead atoms. The number of phenols is 1. The van der Waals surface area contributed by atoms with E-state index in [9.17, 15) is 9.90 Å². The quantitative estimate of drug-likeness (QED) is 0.659. The lowest BCUT2D eigenvalue weighted by Crippen LogP contribution is -2.40. The number of benzene rings is 2. The van der Waals surface area contributed by atoms with Crippen molar-refractivity contribution in [2.75, 3.05) is 13.1 Å². The van der Waals surface area contributed by atoms with Crippen LogP contribution in [0.2, 0.25) is 5.02 Å². The number of piperidine rings is 1. The number of likely N-dealkylation sites (tertiary alicyclic amines) is 1. The Morgan fingerprint density at radius 1 is 1.10 bits per heavy atom. The van der Waals surface area contributed by atoms with Crippen molar-refractivity contribution in [1.82, 2.24) is 9.88 Å². The molecule has 1 amide bonds. The van der Waals surface area contributed by atoms with Crippen molar-refractivity contribution < 1.29 is 9.90 Å². The second-order valence-electron chi connectivity index (χ2n) is 7.48. The van der Waals surface area contributed by atoms with Crippen LogP contribution in [0.1, 0.15) is 30.0 Å². The van der Waals surface area contributed by atoms with Crippen molar-refractivity contribution in [1.29, 1.82) is 0 Å². The Morgan fingerprint density at radius 2 is 1.90 bits per heavy atom. The fourth-order valence-corrected chi connectivity index (χ4v) is 4.02. The van der Waals surface area contributed by atoms with Crippen LogP contribution in [-0.2, 0) is 11.2 Å². The Hall–Kier alpha value is -2.85. The largest absolute Gasteiger partial charge is 0.508 e. The van der Waals surface area contributed by atoms with E-state index >= 15 is 0 Å². The van der Waals surface area contributed by atoms with E-state index in [1.165, 1.54) is 0 Å². The number of phenolic OH excluding ortho intramolecular Hbond substituents is 1. The zero-order valence-electron chi connectivity index (χ0n) is 16.1. The Balaban J connectivity index is 1.47. The molecular formula is C24H23ClN2O2. The molecule has 1 aromatic heterocycles. The summed E-state index contributed by atoms with van der Waals surface area (Å²) in [6.07, 6.45) is 2.34. The SMILES string of the molecule is O=C(Cc1ccc(O)cc1)N1CCC[C@@H](c2cccc(-c3cccc(Cl)c3)n2)C1. The first-order valence-corrected chi connectivity index (χ1v) is 10.2. The third-order valence-corrected chi connectivity index (χ3v) is 5.61. The van der Waals surface area contributed by atoms with Gasteiger partial charge in [0, 0.05) is 35.3 Å². The molecule has 1 fully saturated rings. The number of amides is 1. The fourth-order valence-electron chi connectivity index (χ4n) is 3.83. The van der Waals surface area contributed by atoms with Gasteiger partial charge < -0.3 is 10.0 Å². The lowest BCUT2D eigenvalue weighted by Gasteiger charge is -2.32. The summed E-state index contributed by atoms with van der Waals surface area (Å²) in [5, 5.41) is 10.1. The molecule has 148 valence electrons. The number of aromatic hydroxyl groups is 1. The topological polar surface area (TPSA) is 53.4 Å². The molecule has 3 aromatic rings. The summed E-state index contributed by atoms with van der Waals surface area (Å²) in [7, 11) is 0. The van der Waals surface area contributed by atoms with Gasteiger partial charge in [-0.1, -0.05) is 41.9 Å². The smallest absolute Gasteiger partial charge is 0.227 e. The maximum absolute atomic E-state index is 12.8. The number of carbonyl (C=O) groups excluding carboxylic acids is 1. The van der Waals surface area contributed by atoms with Crippen LogP contribution in [-0.4, -0.2) is 34.0 Å². The van der Waals surface area contributed by atoms with Crippen LogP contribution in [0.3, 0.4) is 0 Å². The third-order valence-electron chi connectivity index (χ3n) is 5.38. The summed E-state index contributed by atoms with van der Waals surface area (Å²) < 4.78 is 0. The minimum atomic E-state index is 0.117. The van der Waals surface area contributed by atoms with E-state index < -0.39 is 0 Å². The van der Waals surface area contributed by atoms with Crippen LogP contribution in [0, 0.1) is 0 Å². The molecule has 0 unspecified atom stereocenters. The van der Waals surface area contributed by atoms with Gasteiger partial charge in [0.1, 0.15) is 5.75 Å². The van der Waals surface area contributed by atoms with Gasteiger partial charge in [0.05, 0.1) is 12.1 Å². The molecule has 1 N–H and O–H groups in total. The molecule has 29 heavy (non-hydrogen) atoms. The average molecular weight is 407 g/mol. The van der Waals surface area contributed by atoms with Crippen LogP contribution < -0.4 is 0 Å². The molecule has 0 saturated carbocycles. The standard InChI is InChI=1S/C24H23ClN2O2/c25-20-6-1-4-18(15-20)22-7-2-8-23(26-22)19-5-3-13-27(16-19)24(29)14-17-9-11-21(28)12-10-17/h1-2,4,6-12,15,19,28H,3,5,13-14,16H2/t19-/m1/s1. The summed E-state index contributed by atoms with van der Waals surface area (Å²) in [5.41, 5.74) is 3.83. The van der Waals surface area contributed by atoms with Gasteiger partial charge in [-0.25, -0.2) is 0 Å². The second kappa shape index (κ2) is 8.66. The van der Waals surface area contributed by atoms with Crippen LogP contribution >= 0.6 is 11.6 Å². The molecule has 0 radical (unpaired) electrons. The molecule has 1 atom stereocenters. The van der Waals surface area contributed by atoms with Crippen LogP contribution in [0.4, 0.5) is 0 Å². The first-order chi connectivity index (χ1) is 14.1. The number of aromatic nitrogens is 1. The molecule has 0 spiro atoms. The van der Waals surface area contributed by atoms with Crippen LogP contribution in [0.5, 0.6) is 5.75 Å². The third kappa shape index (κ3) is 4.77. The van der Waals surface area contributed by atoms with Crippen molar-refractivity contribution in [3.8, 4) is 17.0 Å². The van der Waals surface area contributed by atoms with Gasteiger partial charge in [-0.05, 0) is 54.8 Å². The van der Waals surface area contributed by atoms with Crippen molar-refractivity contribution in [2.24, 2.45) is 0 Å². The maximum atomic E-state index is 12.8. The normalized spacial score (nSPS) is 16.6. The van der Waals surface area contributed by atoms with Gasteiger partial charge >= 0.3 is 0 Å². The molecule has 1 aliphatic rings. The lowest BCUT2D eigenvalue weighted by molar-refractivity contribution is -0.131. The Bertz CT molecular complexity index is 1000. The summed E-state index contributed by atoms with van der Waals surface area (Å²) in [4.78, 5) is 19.6. The Labute approximate surface area is 175 Å². The molecule has 2 aromatic carbocycles. The lowest BCUT2D eigenvalue weighted by atomic mass is 9.93. The molecule has 4 nitrogen and oxygen atoms in total. The van der Waals surface area contributed by atoms with E-state index in [1.54, 1.807) is 24.3 Å². The average Bonchev–Trinajstić information content (AvgIpc) is 2.75. The zero-order valence-corrected chi connectivity index (χ0v) is 16.8. The van der Waals surface area contributed by atoms with Crippen LogP contribution in [0.25, 0.3) is 11.3 Å². The molecule has 0 aliphatic carbocycles. The van der Waals surface area contributed by atoms with E-state index in [0.29, 0.717) is 18.0 Å². The van der Waals surface area contributed by atoms with Gasteiger partial charge in [0.2, 0.25) is 5.91 Å². The number of hydrogen-bond acceptors (Lipinski definition) is 3. The summed E-state index contributed by atoms with van der Waals surface area (Å²) in [6, 6.07) is 20.6. The van der Waals surface area contributed by atoms with Crippen molar-refractivity contribution in [3.63, 3.8) is 0 Å². The molecule has 1 saturated heterocycles. The zero-order chi connectivity index (χ0) is 20.2. The van der Waals surface area contributed by atoms with Gasteiger partial charge in [-0.2, -0.15) is 0 Å². The van der Waals surface area contributed by atoms with E-state index in [1.807, 2.05) is 47.4 Å². The summed E-state index contributed by atoms with van der Waals surface area (Å²) >= 11 is 6.13. The number of nitrogens with zero attached hydrogens (tertiary/aromatic N) is 2. The van der Waals surface area contributed by atoms with E-state index in [4.69, 9.17) is 16.6 Å². The van der Waals surface area contributed by atoms with Gasteiger partial charge in [0.25, 0.3) is 0 Å². The molecular weight excluding hydrogens is 384 g/mol. The van der Waals surface area contributed by atoms with Crippen LogP contribution in [0.15, 0.2) is 66.7 Å². The van der Waals surface area contributed by atoms with Gasteiger partial charge in [-0.3, -0.25) is 9.78 Å². The molecule has 1 aliphatic heterocycles. The van der Waals surface area contributed by atoms with Gasteiger partial charge in [0.15, 0.2) is 0 Å². The van der Waals surface area contributed by atoms with E-state index in [0.717, 1.165) is 41.9 Å². The fraction of sp³-hybridized carbons (Fsp3) is 0.250. The Morgan fingerprint density at radius 3 is 2.69 bits per heavy atom. The second-order valence-corrected chi connectivity index (χ2v) is 7.92. The molecule has 4 rings (SSSR count). The minimum Gasteiger partial charge on any atom is -0.508 e. The molecule has 5 heteroatoms. The minimum absolute atomic E-state index is 0.117. The predicted octanol–water partition coefficient (Wildman–Crippen LogP) is 5.06. The number of pyridine rings is 1. The highest BCUT2D eigenvalue weighted by Crippen LogP contribution is 2.28. The first-order valence-electron chi connectivity index (χ1n) is 9.87. The number of rotatable bonds is 4. The number of carbonyl (C=O) groups is 1. The van der Waals surface area contributed by atoms with Crippen molar-refractivity contribution in [3.05, 3.63) is 83.0 Å². The number of hydrogen-bond donors (Lipinski definition) is 1. The van der Waals surface area contributed by atoms with E-state index in [-0.39, 0.29) is 17.6 Å². The van der Waals surface area contributed by atoms with Gasteiger partial charge in [-0.15, -0.1) is 0 Å². The van der Waals surface area contributed by atoms with E-state index in [2.05, 4.69) is 0 Å². The highest BCUT2D eigenvalue weighted by molar-refractivity contribution is 6.30. The predicted molar refractivity (Wildman–Crippen MR) is 115 cm³/mol. The monoisotopic (exact) mass is 406 g/mol. The summed E-state index contributed by atoms with van der Waals surface area (Å²) in [6.45, 7) is 1.46. The van der Waals surface area contributed by atoms with Crippen molar-refractivity contribution in [2.45, 2.75) is 25.2 Å². The Kier molecular flexibility index (Phi) is 5.81. The summed E-state index contributed by atoms with van der Waals surface area (Å²) in [5.74, 6) is 0.558.